The number of hydrogen-bond acceptors (Lipinski definition) is 18. The van der Waals surface area contributed by atoms with Crippen molar-refractivity contribution < 1.29 is 82.8 Å². The van der Waals surface area contributed by atoms with Crippen molar-refractivity contribution in [2.75, 3.05) is 19.7 Å². The van der Waals surface area contributed by atoms with Crippen LogP contribution in [0.25, 0.3) is 0 Å². The topological polar surface area (TPSA) is 580 Å². The van der Waals surface area contributed by atoms with E-state index >= 15 is 0 Å². The second-order valence-corrected chi connectivity index (χ2v) is 18.8. The number of nitrogens with two attached hydrogens (primary N) is 6. The first-order valence-electron chi connectivity index (χ1n) is 24.3. The minimum absolute atomic E-state index is 0.00890. The average Bonchev–Trinajstić information content (AvgIpc) is 3.30. The number of hydrogen-bond donors (Lipinski definition) is 19. The van der Waals surface area contributed by atoms with E-state index in [1.54, 1.807) is 27.7 Å². The van der Waals surface area contributed by atoms with E-state index in [9.17, 15) is 82.8 Å². The third-order valence-electron chi connectivity index (χ3n) is 10.7. The third kappa shape index (κ3) is 28.1. The van der Waals surface area contributed by atoms with Crippen LogP contribution in [0.5, 0.6) is 0 Å². The highest BCUT2D eigenvalue weighted by Gasteiger charge is 2.36. The third-order valence-corrected chi connectivity index (χ3v) is 10.7. The van der Waals surface area contributed by atoms with Crippen molar-refractivity contribution in [2.45, 2.75) is 159 Å². The minimum atomic E-state index is -1.88. The number of aliphatic hydroxyl groups is 3. The molecule has 33 nitrogen and oxygen atoms in total. The monoisotopic (exact) mass is 1100 g/mol. The Bertz CT molecular complexity index is 2120. The molecule has 0 unspecified atom stereocenters. The van der Waals surface area contributed by atoms with Gasteiger partial charge in [0.05, 0.1) is 44.2 Å². The summed E-state index contributed by atoms with van der Waals surface area (Å²) in [5, 5.41) is 60.0. The number of nitrogens with one attached hydrogen (secondary N) is 9. The Labute approximate surface area is 443 Å². The number of aliphatic carboxylic acids is 1. The Hall–Kier alpha value is -7.78. The quantitative estimate of drug-likeness (QED) is 0.0156. The molecule has 0 spiro atoms. The molecular formula is C44H78N16O17. The van der Waals surface area contributed by atoms with E-state index in [1.807, 2.05) is 0 Å². The van der Waals surface area contributed by atoms with Crippen molar-refractivity contribution in [3.05, 3.63) is 0 Å². The Morgan fingerprint density at radius 2 is 0.896 bits per heavy atom. The predicted octanol–water partition coefficient (Wildman–Crippen LogP) is -9.69. The summed E-state index contributed by atoms with van der Waals surface area (Å²) < 4.78 is 0. The van der Waals surface area contributed by atoms with Gasteiger partial charge in [-0.25, -0.2) is 4.79 Å². The maximum Gasteiger partial charge on any atom is 0.328 e. The number of carboxylic acids is 1. The first kappa shape index (κ1) is 69.2. The van der Waals surface area contributed by atoms with Crippen LogP contribution < -0.4 is 82.3 Å². The van der Waals surface area contributed by atoms with Gasteiger partial charge in [0, 0.05) is 13.0 Å². The lowest BCUT2D eigenvalue weighted by molar-refractivity contribution is -0.145. The number of guanidine groups is 1. The van der Waals surface area contributed by atoms with Crippen molar-refractivity contribution in [1.29, 1.82) is 0 Å². The van der Waals surface area contributed by atoms with Gasteiger partial charge in [0.25, 0.3) is 0 Å². The van der Waals surface area contributed by atoms with E-state index < -0.39 is 169 Å². The Morgan fingerprint density at radius 3 is 1.35 bits per heavy atom. The lowest BCUT2D eigenvalue weighted by Gasteiger charge is -2.28. The van der Waals surface area contributed by atoms with Crippen LogP contribution in [0.2, 0.25) is 0 Å². The Kier molecular flexibility index (Phi) is 31.2. The molecule has 12 amide bonds. The van der Waals surface area contributed by atoms with E-state index in [2.05, 4.69) is 52.8 Å². The summed E-state index contributed by atoms with van der Waals surface area (Å²) in [6, 6.07) is -14.8. The second kappa shape index (κ2) is 34.7. The van der Waals surface area contributed by atoms with Crippen molar-refractivity contribution in [3.63, 3.8) is 0 Å². The van der Waals surface area contributed by atoms with E-state index in [0.717, 1.165) is 13.8 Å². The molecule has 0 aliphatic heterocycles. The highest BCUT2D eigenvalue weighted by Crippen LogP contribution is 2.10. The number of carboxylic acid groups (broad SMARTS) is 1. The standard InChI is InChI=1S/C44H78N16O17/c1-18(2)12-24(55-35(68)22(45)9-10-29(46)64)38(71)58-28(17-61)41(74)56-26(14-30(47)65)36(69)52-16-32(67)53-27(15-31(48)66)39(72)54-23(8-7-11-51-44(49)50)37(70)59-33(20(5)62)42(75)57-25(13-19(3)4)40(73)60-34(21(6)63)43(76)77/h18-28,33-34,61-63H,7-17,45H2,1-6H3,(H2,46,64)(H2,47,65)(H2,48,66)(H,52,69)(H,53,67)(H,54,72)(H,55,68)(H,56,74)(H,57,75)(H,58,71)(H,59,70)(H,60,73)(H,76,77)(H4,49,50,51)/t20-,21-,22+,23+,24+,25+,26+,27+,28+,33+,34+/m1/s1. The highest BCUT2D eigenvalue weighted by atomic mass is 16.4. The van der Waals surface area contributed by atoms with Crippen molar-refractivity contribution in [3.8, 4) is 0 Å². The van der Waals surface area contributed by atoms with Crippen molar-refractivity contribution >= 4 is 82.8 Å². The van der Waals surface area contributed by atoms with Gasteiger partial charge < -0.3 is 103 Å². The maximum atomic E-state index is 13.8. The van der Waals surface area contributed by atoms with Gasteiger partial charge in [-0.2, -0.15) is 0 Å². The summed E-state index contributed by atoms with van der Waals surface area (Å²) in [5.74, 6) is -15.5. The number of carbonyl (C=O) groups is 13. The number of amides is 12. The van der Waals surface area contributed by atoms with E-state index in [0.29, 0.717) is 0 Å². The molecule has 25 N–H and O–H groups in total. The zero-order chi connectivity index (χ0) is 59.4. The summed E-state index contributed by atoms with van der Waals surface area (Å²) >= 11 is 0. The molecule has 0 rings (SSSR count). The van der Waals surface area contributed by atoms with Crippen LogP contribution in [0.1, 0.15) is 92.9 Å². The van der Waals surface area contributed by atoms with Gasteiger partial charge in [0.1, 0.15) is 42.3 Å². The van der Waals surface area contributed by atoms with E-state index in [4.69, 9.17) is 34.4 Å². The molecule has 0 saturated heterocycles. The number of carbonyl (C=O) groups excluding carboxylic acids is 12. The number of primary amides is 3. The van der Waals surface area contributed by atoms with E-state index in [-0.39, 0.29) is 62.9 Å². The molecule has 0 heterocycles. The van der Waals surface area contributed by atoms with Gasteiger partial charge in [-0.3, -0.25) is 62.5 Å². The SMILES string of the molecule is CC(C)C[C@H](NC(=O)[C@@H](NC(=O)[C@H](CCCN=C(N)N)NC(=O)[C@H](CC(N)=O)NC(=O)CNC(=O)[C@H](CC(N)=O)NC(=O)[C@H](CO)NC(=O)[C@H](CC(C)C)NC(=O)[C@@H](N)CCC(N)=O)[C@@H](C)O)C(=O)N[C@H](C(=O)O)[C@@H](C)O. The molecule has 436 valence electrons. The zero-order valence-electron chi connectivity index (χ0n) is 43.8. The number of aliphatic imine (C=N–C) groups is 1. The summed E-state index contributed by atoms with van der Waals surface area (Å²) in [5.41, 5.74) is 32.3. The van der Waals surface area contributed by atoms with Crippen molar-refractivity contribution in [1.82, 2.24) is 47.9 Å². The minimum Gasteiger partial charge on any atom is -0.480 e. The predicted molar refractivity (Wildman–Crippen MR) is 269 cm³/mol. The molecule has 77 heavy (non-hydrogen) atoms. The lowest BCUT2D eigenvalue weighted by Crippen LogP contribution is -2.62. The maximum absolute atomic E-state index is 13.8. The largest absolute Gasteiger partial charge is 0.480 e. The summed E-state index contributed by atoms with van der Waals surface area (Å²) in [6.07, 6.45) is -5.83. The van der Waals surface area contributed by atoms with Crippen LogP contribution in [0, 0.1) is 11.8 Å². The Morgan fingerprint density at radius 1 is 0.481 bits per heavy atom. The molecule has 0 aliphatic rings. The molecule has 0 saturated carbocycles. The molecule has 0 aromatic carbocycles. The summed E-state index contributed by atoms with van der Waals surface area (Å²) in [4.78, 5) is 171. The fourth-order valence-corrected chi connectivity index (χ4v) is 6.82. The van der Waals surface area contributed by atoms with Gasteiger partial charge in [-0.05, 0) is 57.8 Å². The average molecular weight is 1100 g/mol. The molecule has 33 heteroatoms. The number of aliphatic hydroxyl groups excluding tert-OH is 3. The smallest absolute Gasteiger partial charge is 0.328 e. The molecule has 0 aromatic heterocycles. The van der Waals surface area contributed by atoms with Crippen LogP contribution in [-0.2, 0) is 62.3 Å². The van der Waals surface area contributed by atoms with Crippen LogP contribution in [0.3, 0.4) is 0 Å². The molecular weight excluding hydrogens is 1020 g/mol. The molecule has 0 radical (unpaired) electrons. The normalized spacial score (nSPS) is 15.3. The molecule has 0 aliphatic carbocycles. The Balaban J connectivity index is 6.37. The van der Waals surface area contributed by atoms with Crippen molar-refractivity contribution in [2.24, 2.45) is 51.2 Å². The van der Waals surface area contributed by atoms with E-state index in [1.165, 1.54) is 0 Å². The van der Waals surface area contributed by atoms with Gasteiger partial charge in [-0.15, -0.1) is 0 Å². The van der Waals surface area contributed by atoms with Crippen LogP contribution >= 0.6 is 0 Å². The van der Waals surface area contributed by atoms with Crippen LogP contribution in [0.15, 0.2) is 4.99 Å². The second-order valence-electron chi connectivity index (χ2n) is 18.8. The number of rotatable bonds is 37. The summed E-state index contributed by atoms with van der Waals surface area (Å²) in [7, 11) is 0. The number of nitrogens with zero attached hydrogens (tertiary/aromatic N) is 1. The molecule has 0 fully saturated rings. The first-order chi connectivity index (χ1) is 35.7. The van der Waals surface area contributed by atoms with Crippen LogP contribution in [0.4, 0.5) is 0 Å². The van der Waals surface area contributed by atoms with Gasteiger partial charge in [0.15, 0.2) is 12.0 Å². The summed E-state index contributed by atoms with van der Waals surface area (Å²) in [6.45, 7) is 6.75. The molecule has 0 bridgehead atoms. The first-order valence-corrected chi connectivity index (χ1v) is 24.3. The van der Waals surface area contributed by atoms with Gasteiger partial charge in [0.2, 0.25) is 70.9 Å². The molecule has 0 aromatic rings. The fourth-order valence-electron chi connectivity index (χ4n) is 6.82. The fraction of sp³-hybridized carbons (Fsp3) is 0.682. The highest BCUT2D eigenvalue weighted by molar-refractivity contribution is 5.99. The van der Waals surface area contributed by atoms with Crippen LogP contribution in [-0.4, -0.2) is 190 Å². The van der Waals surface area contributed by atoms with Gasteiger partial charge >= 0.3 is 5.97 Å². The molecule has 11 atom stereocenters. The zero-order valence-corrected chi connectivity index (χ0v) is 43.8. The lowest BCUT2D eigenvalue weighted by atomic mass is 10.0. The van der Waals surface area contributed by atoms with Gasteiger partial charge in [-0.1, -0.05) is 27.7 Å².